The Morgan fingerprint density at radius 3 is 2.14 bits per heavy atom. The number of amides is 4. The predicted octanol–water partition coefficient (Wildman–Crippen LogP) is 3.37. The third kappa shape index (κ3) is 5.58. The van der Waals surface area contributed by atoms with Gasteiger partial charge in [-0.3, -0.25) is 9.59 Å². The van der Waals surface area contributed by atoms with Crippen molar-refractivity contribution in [2.75, 3.05) is 33.2 Å². The summed E-state index contributed by atoms with van der Waals surface area (Å²) >= 11 is 0. The number of alkyl halides is 3. The minimum atomic E-state index is -4.95. The Bertz CT molecular complexity index is 1080. The summed E-state index contributed by atoms with van der Waals surface area (Å²) in [5.41, 5.74) is 2.63. The van der Waals surface area contributed by atoms with Crippen LogP contribution in [0, 0.1) is 0 Å². The van der Waals surface area contributed by atoms with Gasteiger partial charge in [-0.2, -0.15) is 13.2 Å². The molecule has 2 aromatic rings. The minimum absolute atomic E-state index is 0.0321. The zero-order valence-corrected chi connectivity index (χ0v) is 19.3. The molecule has 2 saturated heterocycles. The molecule has 0 bridgehead atoms. The van der Waals surface area contributed by atoms with Gasteiger partial charge in [-0.15, -0.1) is 0 Å². The van der Waals surface area contributed by atoms with Crippen molar-refractivity contribution in [3.63, 3.8) is 0 Å². The molecule has 186 valence electrons. The van der Waals surface area contributed by atoms with Crippen molar-refractivity contribution in [1.29, 1.82) is 0 Å². The largest absolute Gasteiger partial charge is 0.471 e. The van der Waals surface area contributed by atoms with Crippen LogP contribution in [0.3, 0.4) is 0 Å². The Kier molecular flexibility index (Phi) is 7.00. The van der Waals surface area contributed by atoms with Crippen molar-refractivity contribution in [1.82, 2.24) is 20.0 Å². The van der Waals surface area contributed by atoms with Crippen molar-refractivity contribution < 1.29 is 27.6 Å². The summed E-state index contributed by atoms with van der Waals surface area (Å²) in [4.78, 5) is 41.7. The maximum atomic E-state index is 13.0. The van der Waals surface area contributed by atoms with E-state index in [2.05, 4.69) is 0 Å². The highest BCUT2D eigenvalue weighted by Gasteiger charge is 2.42. The second-order valence-corrected chi connectivity index (χ2v) is 8.93. The normalized spacial score (nSPS) is 20.1. The van der Waals surface area contributed by atoms with Crippen molar-refractivity contribution in [2.24, 2.45) is 0 Å². The fourth-order valence-corrected chi connectivity index (χ4v) is 4.56. The molecule has 1 N–H and O–H groups in total. The van der Waals surface area contributed by atoms with Crippen LogP contribution in [0.1, 0.15) is 23.2 Å². The Balaban J connectivity index is 1.30. The Morgan fingerprint density at radius 2 is 1.49 bits per heavy atom. The molecule has 0 aliphatic carbocycles. The smallest absolute Gasteiger partial charge is 0.344 e. The lowest BCUT2D eigenvalue weighted by Gasteiger charge is -2.27. The number of hydrogen-bond donors (Lipinski definition) is 1. The van der Waals surface area contributed by atoms with Crippen LogP contribution in [0.15, 0.2) is 54.6 Å². The highest BCUT2D eigenvalue weighted by Crippen LogP contribution is 2.23. The monoisotopic (exact) mass is 488 g/mol. The van der Waals surface area contributed by atoms with E-state index >= 15 is 0 Å². The molecule has 35 heavy (non-hydrogen) atoms. The minimum Gasteiger partial charge on any atom is -0.344 e. The molecule has 4 amide bonds. The topological polar surface area (TPSA) is 73.0 Å². The zero-order valence-electron chi connectivity index (χ0n) is 19.3. The number of rotatable bonds is 4. The van der Waals surface area contributed by atoms with Crippen molar-refractivity contribution in [2.45, 2.75) is 31.1 Å². The lowest BCUT2D eigenvalue weighted by atomic mass is 10.0. The van der Waals surface area contributed by atoms with Crippen LogP contribution in [-0.2, 0) is 4.79 Å². The summed E-state index contributed by atoms with van der Waals surface area (Å²) in [6, 6.07) is 16.1. The molecule has 2 fully saturated rings. The maximum Gasteiger partial charge on any atom is 0.471 e. The molecule has 1 unspecified atom stereocenters. The van der Waals surface area contributed by atoms with E-state index in [0.29, 0.717) is 25.1 Å². The second-order valence-electron chi connectivity index (χ2n) is 8.93. The first-order valence-electron chi connectivity index (χ1n) is 11.5. The van der Waals surface area contributed by atoms with Crippen LogP contribution >= 0.6 is 0 Å². The number of benzene rings is 2. The first kappa shape index (κ1) is 24.6. The summed E-state index contributed by atoms with van der Waals surface area (Å²) in [6.07, 6.45) is -4.07. The van der Waals surface area contributed by atoms with Gasteiger partial charge in [0.2, 0.25) is 0 Å². The summed E-state index contributed by atoms with van der Waals surface area (Å²) in [7, 11) is 1.71. The number of likely N-dealkylation sites (tertiary alicyclic amines) is 2. The molecule has 0 saturated carbocycles. The summed E-state index contributed by atoms with van der Waals surface area (Å²) in [6.45, 7) is 1.10. The fraction of sp³-hybridized carbons (Fsp3) is 0.400. The van der Waals surface area contributed by atoms with E-state index in [1.807, 2.05) is 47.8 Å². The summed E-state index contributed by atoms with van der Waals surface area (Å²) in [5, 5.41) is 1.94. The maximum absolute atomic E-state index is 13.0. The van der Waals surface area contributed by atoms with E-state index in [9.17, 15) is 27.6 Å². The third-order valence-corrected chi connectivity index (χ3v) is 6.59. The van der Waals surface area contributed by atoms with Crippen LogP contribution in [0.25, 0.3) is 11.1 Å². The van der Waals surface area contributed by atoms with E-state index in [1.54, 1.807) is 29.0 Å². The number of halogens is 3. The van der Waals surface area contributed by atoms with E-state index in [4.69, 9.17) is 0 Å². The SMILES string of the molecule is CN(C(=O)c1ccc(-c2ccccc2)cc1)[C@H]1CCN(C(=O)N2CCC(NC(=O)C(F)(F)F)C2)C1. The number of nitrogens with zero attached hydrogens (tertiary/aromatic N) is 3. The molecular weight excluding hydrogens is 461 g/mol. The van der Waals surface area contributed by atoms with E-state index in [1.165, 1.54) is 4.90 Å². The molecule has 2 heterocycles. The van der Waals surface area contributed by atoms with Gasteiger partial charge < -0.3 is 20.0 Å². The molecule has 10 heteroatoms. The Labute approximate surface area is 201 Å². The van der Waals surface area contributed by atoms with Gasteiger partial charge in [-0.05, 0) is 36.1 Å². The van der Waals surface area contributed by atoms with Gasteiger partial charge in [-0.1, -0.05) is 42.5 Å². The average Bonchev–Trinajstić information content (AvgIpc) is 3.53. The number of urea groups is 1. The van der Waals surface area contributed by atoms with Gasteiger partial charge in [-0.25, -0.2) is 4.79 Å². The molecule has 2 aliphatic rings. The number of hydrogen-bond acceptors (Lipinski definition) is 3. The molecule has 4 rings (SSSR count). The first-order valence-corrected chi connectivity index (χ1v) is 11.5. The predicted molar refractivity (Wildman–Crippen MR) is 124 cm³/mol. The van der Waals surface area contributed by atoms with E-state index < -0.39 is 18.1 Å². The number of carbonyl (C=O) groups excluding carboxylic acids is 3. The lowest BCUT2D eigenvalue weighted by Crippen LogP contribution is -2.47. The Hall–Kier alpha value is -3.56. The molecule has 0 spiro atoms. The van der Waals surface area contributed by atoms with Gasteiger partial charge >= 0.3 is 18.1 Å². The van der Waals surface area contributed by atoms with Gasteiger partial charge in [0.1, 0.15) is 0 Å². The number of likely N-dealkylation sites (N-methyl/N-ethyl adjacent to an activating group) is 1. The van der Waals surface area contributed by atoms with Gasteiger partial charge in [0.15, 0.2) is 0 Å². The average molecular weight is 489 g/mol. The molecule has 0 radical (unpaired) electrons. The van der Waals surface area contributed by atoms with Crippen LogP contribution in [-0.4, -0.2) is 84.0 Å². The van der Waals surface area contributed by atoms with E-state index in [0.717, 1.165) is 11.1 Å². The number of carbonyl (C=O) groups is 3. The first-order chi connectivity index (χ1) is 16.6. The zero-order chi connectivity index (χ0) is 25.2. The molecule has 7 nitrogen and oxygen atoms in total. The highest BCUT2D eigenvalue weighted by atomic mass is 19.4. The van der Waals surface area contributed by atoms with Crippen molar-refractivity contribution in [3.8, 4) is 11.1 Å². The van der Waals surface area contributed by atoms with Crippen molar-refractivity contribution >= 4 is 17.8 Å². The Morgan fingerprint density at radius 1 is 0.886 bits per heavy atom. The fourth-order valence-electron chi connectivity index (χ4n) is 4.56. The molecular formula is C25H27F3N4O3. The van der Waals surface area contributed by atoms with Gasteiger partial charge in [0.05, 0.1) is 6.04 Å². The van der Waals surface area contributed by atoms with Gasteiger partial charge in [0.25, 0.3) is 5.91 Å². The quantitative estimate of drug-likeness (QED) is 0.718. The highest BCUT2D eigenvalue weighted by molar-refractivity contribution is 5.95. The van der Waals surface area contributed by atoms with E-state index in [-0.39, 0.29) is 37.5 Å². The second kappa shape index (κ2) is 9.97. The summed E-state index contributed by atoms with van der Waals surface area (Å²) < 4.78 is 37.4. The van der Waals surface area contributed by atoms with Crippen LogP contribution in [0.4, 0.5) is 18.0 Å². The van der Waals surface area contributed by atoms with Crippen LogP contribution < -0.4 is 5.32 Å². The van der Waals surface area contributed by atoms with Gasteiger partial charge in [0, 0.05) is 44.8 Å². The summed E-state index contributed by atoms with van der Waals surface area (Å²) in [5.74, 6) is -2.13. The molecule has 2 atom stereocenters. The molecule has 0 aromatic heterocycles. The molecule has 2 aliphatic heterocycles. The van der Waals surface area contributed by atoms with Crippen LogP contribution in [0.2, 0.25) is 0 Å². The van der Waals surface area contributed by atoms with Crippen molar-refractivity contribution in [3.05, 3.63) is 60.2 Å². The molecule has 2 aromatic carbocycles. The standard InChI is InChI=1S/C25H27F3N4O3/c1-30(22(33)19-9-7-18(8-10-19)17-5-3-2-4-6-17)21-12-14-32(16-21)24(35)31-13-11-20(15-31)29-23(34)25(26,27)28/h2-10,20-21H,11-16H2,1H3,(H,29,34)/t20?,21-/m0/s1. The van der Waals surface area contributed by atoms with Crippen LogP contribution in [0.5, 0.6) is 0 Å². The third-order valence-electron chi connectivity index (χ3n) is 6.59. The number of nitrogens with one attached hydrogen (secondary N) is 1. The lowest BCUT2D eigenvalue weighted by molar-refractivity contribution is -0.174.